The van der Waals surface area contributed by atoms with Crippen LogP contribution in [0.15, 0.2) is 30.3 Å². The highest BCUT2D eigenvalue weighted by molar-refractivity contribution is 5.17. The number of rotatable bonds is 6. The van der Waals surface area contributed by atoms with E-state index in [1.165, 1.54) is 5.56 Å². The molecule has 90 valence electrons. The van der Waals surface area contributed by atoms with Crippen molar-refractivity contribution in [1.29, 1.82) is 0 Å². The topological polar surface area (TPSA) is 21.3 Å². The molecule has 0 aromatic heterocycles. The number of ether oxygens (including phenoxy) is 1. The lowest BCUT2D eigenvalue weighted by Crippen LogP contribution is -2.34. The summed E-state index contributed by atoms with van der Waals surface area (Å²) in [4.78, 5) is 0. The van der Waals surface area contributed by atoms with Crippen LogP contribution in [-0.2, 0) is 4.74 Å². The van der Waals surface area contributed by atoms with E-state index in [1.54, 1.807) is 7.11 Å². The molecule has 0 spiro atoms. The standard InChI is InChI=1S/C14H23NO/c1-11(2)12(3)15-10-14(16-4)13-8-6-5-7-9-13/h5-9,11-12,14-15H,10H2,1-4H3. The van der Waals surface area contributed by atoms with Crippen molar-refractivity contribution in [1.82, 2.24) is 5.32 Å². The van der Waals surface area contributed by atoms with Crippen LogP contribution in [0.2, 0.25) is 0 Å². The minimum absolute atomic E-state index is 0.141. The minimum Gasteiger partial charge on any atom is -0.375 e. The normalized spacial score (nSPS) is 15.1. The summed E-state index contributed by atoms with van der Waals surface area (Å²) in [7, 11) is 1.76. The Hall–Kier alpha value is -0.860. The zero-order chi connectivity index (χ0) is 12.0. The maximum absolute atomic E-state index is 5.50. The number of hydrogen-bond donors (Lipinski definition) is 1. The van der Waals surface area contributed by atoms with Crippen molar-refractivity contribution in [3.05, 3.63) is 35.9 Å². The van der Waals surface area contributed by atoms with Crippen LogP contribution in [0.1, 0.15) is 32.4 Å². The second-order valence-electron chi connectivity index (χ2n) is 4.58. The molecule has 2 nitrogen and oxygen atoms in total. The van der Waals surface area contributed by atoms with Crippen LogP contribution in [0.3, 0.4) is 0 Å². The Labute approximate surface area is 99.0 Å². The molecular formula is C14H23NO. The van der Waals surface area contributed by atoms with Gasteiger partial charge in [-0.15, -0.1) is 0 Å². The van der Waals surface area contributed by atoms with Gasteiger partial charge in [0.15, 0.2) is 0 Å². The Morgan fingerprint density at radius 1 is 1.12 bits per heavy atom. The zero-order valence-corrected chi connectivity index (χ0v) is 10.7. The quantitative estimate of drug-likeness (QED) is 0.797. The summed E-state index contributed by atoms with van der Waals surface area (Å²) < 4.78 is 5.50. The molecule has 0 amide bonds. The lowest BCUT2D eigenvalue weighted by Gasteiger charge is -2.22. The fourth-order valence-corrected chi connectivity index (χ4v) is 1.53. The highest BCUT2D eigenvalue weighted by Gasteiger charge is 2.12. The first-order valence-corrected chi connectivity index (χ1v) is 5.96. The molecule has 2 heteroatoms. The molecule has 0 fully saturated rings. The largest absolute Gasteiger partial charge is 0.375 e. The van der Waals surface area contributed by atoms with E-state index in [2.05, 4.69) is 38.2 Å². The average Bonchev–Trinajstić information content (AvgIpc) is 2.30. The molecule has 1 N–H and O–H groups in total. The number of methoxy groups -OCH3 is 1. The molecule has 16 heavy (non-hydrogen) atoms. The van der Waals surface area contributed by atoms with Crippen LogP contribution >= 0.6 is 0 Å². The molecule has 0 bridgehead atoms. The van der Waals surface area contributed by atoms with Crippen LogP contribution in [-0.4, -0.2) is 19.7 Å². The van der Waals surface area contributed by atoms with Gasteiger partial charge in [0.25, 0.3) is 0 Å². The van der Waals surface area contributed by atoms with Crippen molar-refractivity contribution in [3.8, 4) is 0 Å². The first-order valence-electron chi connectivity index (χ1n) is 5.96. The van der Waals surface area contributed by atoms with Crippen molar-refractivity contribution in [2.45, 2.75) is 32.9 Å². The lowest BCUT2D eigenvalue weighted by molar-refractivity contribution is 0.0982. The smallest absolute Gasteiger partial charge is 0.0945 e. The molecule has 0 aliphatic carbocycles. The summed E-state index contributed by atoms with van der Waals surface area (Å²) in [6, 6.07) is 10.9. The fraction of sp³-hybridized carbons (Fsp3) is 0.571. The highest BCUT2D eigenvalue weighted by atomic mass is 16.5. The van der Waals surface area contributed by atoms with E-state index in [4.69, 9.17) is 4.74 Å². The maximum atomic E-state index is 5.50. The van der Waals surface area contributed by atoms with Gasteiger partial charge in [0.05, 0.1) is 6.10 Å². The van der Waals surface area contributed by atoms with Crippen molar-refractivity contribution in [2.75, 3.05) is 13.7 Å². The molecule has 1 rings (SSSR count). The molecule has 0 radical (unpaired) electrons. The van der Waals surface area contributed by atoms with E-state index in [0.717, 1.165) is 6.54 Å². The number of nitrogens with one attached hydrogen (secondary N) is 1. The molecule has 0 saturated heterocycles. The van der Waals surface area contributed by atoms with Gasteiger partial charge in [0, 0.05) is 19.7 Å². The molecule has 0 saturated carbocycles. The number of hydrogen-bond acceptors (Lipinski definition) is 2. The predicted molar refractivity (Wildman–Crippen MR) is 68.5 cm³/mol. The summed E-state index contributed by atoms with van der Waals surface area (Å²) in [6.07, 6.45) is 0.141. The van der Waals surface area contributed by atoms with Gasteiger partial charge in [0.1, 0.15) is 0 Å². The molecular weight excluding hydrogens is 198 g/mol. The van der Waals surface area contributed by atoms with Crippen LogP contribution in [0, 0.1) is 5.92 Å². The molecule has 2 unspecified atom stereocenters. The van der Waals surface area contributed by atoms with E-state index >= 15 is 0 Å². The van der Waals surface area contributed by atoms with Crippen molar-refractivity contribution >= 4 is 0 Å². The fourth-order valence-electron chi connectivity index (χ4n) is 1.53. The Bertz CT molecular complexity index is 284. The zero-order valence-electron chi connectivity index (χ0n) is 10.7. The van der Waals surface area contributed by atoms with Crippen LogP contribution in [0.25, 0.3) is 0 Å². The predicted octanol–water partition coefficient (Wildman–Crippen LogP) is 3.01. The van der Waals surface area contributed by atoms with E-state index in [1.807, 2.05) is 18.2 Å². The van der Waals surface area contributed by atoms with Gasteiger partial charge in [-0.2, -0.15) is 0 Å². The molecule has 2 atom stereocenters. The molecule has 1 aromatic rings. The second kappa shape index (κ2) is 6.66. The van der Waals surface area contributed by atoms with Crippen molar-refractivity contribution in [3.63, 3.8) is 0 Å². The van der Waals surface area contributed by atoms with Crippen molar-refractivity contribution < 1.29 is 4.74 Å². The van der Waals surface area contributed by atoms with Gasteiger partial charge >= 0.3 is 0 Å². The minimum atomic E-state index is 0.141. The van der Waals surface area contributed by atoms with E-state index in [9.17, 15) is 0 Å². The molecule has 0 aliphatic heterocycles. The second-order valence-corrected chi connectivity index (χ2v) is 4.58. The van der Waals surface area contributed by atoms with Gasteiger partial charge in [-0.3, -0.25) is 0 Å². The third-order valence-electron chi connectivity index (χ3n) is 3.08. The Morgan fingerprint density at radius 2 is 1.75 bits per heavy atom. The van der Waals surface area contributed by atoms with Gasteiger partial charge in [-0.1, -0.05) is 44.2 Å². The first kappa shape index (κ1) is 13.2. The summed E-state index contributed by atoms with van der Waals surface area (Å²) in [5, 5.41) is 3.51. The third kappa shape index (κ3) is 3.95. The summed E-state index contributed by atoms with van der Waals surface area (Å²) in [5.41, 5.74) is 1.23. The summed E-state index contributed by atoms with van der Waals surface area (Å²) in [5.74, 6) is 0.647. The summed E-state index contributed by atoms with van der Waals surface area (Å²) in [6.45, 7) is 7.52. The Morgan fingerprint density at radius 3 is 2.25 bits per heavy atom. The van der Waals surface area contributed by atoms with Crippen LogP contribution < -0.4 is 5.32 Å². The first-order chi connectivity index (χ1) is 7.65. The van der Waals surface area contributed by atoms with Gasteiger partial charge in [-0.05, 0) is 18.4 Å². The lowest BCUT2D eigenvalue weighted by atomic mass is 10.1. The van der Waals surface area contributed by atoms with Gasteiger partial charge in [-0.25, -0.2) is 0 Å². The highest BCUT2D eigenvalue weighted by Crippen LogP contribution is 2.15. The maximum Gasteiger partial charge on any atom is 0.0945 e. The van der Waals surface area contributed by atoms with Crippen LogP contribution in [0.5, 0.6) is 0 Å². The monoisotopic (exact) mass is 221 g/mol. The third-order valence-corrected chi connectivity index (χ3v) is 3.08. The summed E-state index contributed by atoms with van der Waals surface area (Å²) >= 11 is 0. The Balaban J connectivity index is 2.50. The molecule has 0 aliphatic rings. The van der Waals surface area contributed by atoms with Gasteiger partial charge in [0.2, 0.25) is 0 Å². The molecule has 0 heterocycles. The van der Waals surface area contributed by atoms with Crippen molar-refractivity contribution in [2.24, 2.45) is 5.92 Å². The SMILES string of the molecule is COC(CNC(C)C(C)C)c1ccccc1. The van der Waals surface area contributed by atoms with E-state index < -0.39 is 0 Å². The Kier molecular flexibility index (Phi) is 5.50. The van der Waals surface area contributed by atoms with Gasteiger partial charge < -0.3 is 10.1 Å². The van der Waals surface area contributed by atoms with E-state index in [-0.39, 0.29) is 6.10 Å². The van der Waals surface area contributed by atoms with Crippen LogP contribution in [0.4, 0.5) is 0 Å². The molecule has 1 aromatic carbocycles. The number of benzene rings is 1. The average molecular weight is 221 g/mol. The van der Waals surface area contributed by atoms with E-state index in [0.29, 0.717) is 12.0 Å².